The van der Waals surface area contributed by atoms with Crippen molar-refractivity contribution in [1.29, 1.82) is 0 Å². The van der Waals surface area contributed by atoms with E-state index in [4.69, 9.17) is 19.7 Å². The van der Waals surface area contributed by atoms with Crippen molar-refractivity contribution in [2.24, 2.45) is 14.1 Å². The van der Waals surface area contributed by atoms with Crippen LogP contribution in [0.4, 0.5) is 22.0 Å². The molecule has 1 fully saturated rings. The molecule has 1 saturated heterocycles. The standard InChI is InChI=1S/C18H19FN2O4.C17H14FN3O3.C16H16FNO4.C15H14FNO4.C15H14FNO3/c19-14-3-1-13(2-4-14)15-11-21(12-16(17(15)22)18(23)24)6-5-20-7-9-25-10-8-20;18-13-3-1-12(2-4-13)14-9-21(8-7-20-6-5-19-11-20)10-15(16(14)22)17(23)24;1-9-13(10-4-6-11(17)7-5-10)15(19)14(16(20)21)12(8-22-3)18(9)2;1-9-13(10-2-4-11(16)5-3-10)14(19)12(15(20)21)8-17(9)6-7-18;1-8-12(10-4-6-11(16)7-5-10)14(18)13(15(19)20)9(2)17(8)3/h1-4,11-12H,5-10H2,(H,23,24);1-6,9-11H,7-8H2,(H,23,24);4-7H,8H2,1-3H3,(H,20,21);2-5,8,18H,6-7H2,1H3,(H,20,21);4-7H,1-3H3,(H,19,20). The molecule has 11 aromatic rings. The Bertz CT molecular complexity index is 5580. The van der Waals surface area contributed by atoms with Gasteiger partial charge in [-0.2, -0.15) is 0 Å². The summed E-state index contributed by atoms with van der Waals surface area (Å²) in [6.45, 7) is 12.0. The van der Waals surface area contributed by atoms with E-state index in [2.05, 4.69) is 9.88 Å². The second-order valence-electron chi connectivity index (χ2n) is 25.3. The van der Waals surface area contributed by atoms with E-state index >= 15 is 0 Å². The molecule has 6 N–H and O–H groups in total. The topological polar surface area (TPSA) is 356 Å². The third-order valence-electron chi connectivity index (χ3n) is 18.3. The minimum atomic E-state index is -1.34. The van der Waals surface area contributed by atoms with Crippen molar-refractivity contribution in [3.05, 3.63) is 308 Å². The van der Waals surface area contributed by atoms with Crippen molar-refractivity contribution in [1.82, 2.24) is 37.3 Å². The monoisotopic (exact) mass is 1540 g/mol. The number of hydrogen-bond acceptors (Lipinski definition) is 15. The molecule has 584 valence electrons. The number of ether oxygens (including phenoxy) is 2. The number of carboxylic acids is 5. The summed E-state index contributed by atoms with van der Waals surface area (Å²) in [5.74, 6) is -8.57. The highest BCUT2D eigenvalue weighted by Crippen LogP contribution is 2.27. The van der Waals surface area contributed by atoms with E-state index < -0.39 is 86.1 Å². The van der Waals surface area contributed by atoms with Crippen LogP contribution in [-0.2, 0) is 56.4 Å². The molecule has 0 saturated carbocycles. The zero-order valence-electron chi connectivity index (χ0n) is 61.5. The Balaban J connectivity index is 0.000000176. The molecule has 0 unspecified atom stereocenters. The van der Waals surface area contributed by atoms with Gasteiger partial charge in [-0.25, -0.2) is 50.9 Å². The summed E-state index contributed by atoms with van der Waals surface area (Å²) in [6, 6.07) is 26.9. The van der Waals surface area contributed by atoms with E-state index in [1.807, 2.05) is 4.57 Å². The molecule has 1 aliphatic heterocycles. The fourth-order valence-electron chi connectivity index (χ4n) is 12.1. The Morgan fingerprint density at radius 1 is 0.429 bits per heavy atom. The minimum absolute atomic E-state index is 0.0118. The van der Waals surface area contributed by atoms with Gasteiger partial charge in [-0.15, -0.1) is 0 Å². The van der Waals surface area contributed by atoms with E-state index in [1.165, 1.54) is 152 Å². The summed E-state index contributed by atoms with van der Waals surface area (Å²) < 4.78 is 85.5. The van der Waals surface area contributed by atoms with Crippen molar-refractivity contribution < 1.29 is 86.0 Å². The third-order valence-corrected chi connectivity index (χ3v) is 18.3. The highest BCUT2D eigenvalue weighted by Gasteiger charge is 2.26. The van der Waals surface area contributed by atoms with Gasteiger partial charge in [0.2, 0.25) is 27.1 Å². The van der Waals surface area contributed by atoms with Crippen LogP contribution in [0.2, 0.25) is 0 Å². The first-order valence-corrected chi connectivity index (χ1v) is 34.2. The van der Waals surface area contributed by atoms with Crippen molar-refractivity contribution in [3.8, 4) is 55.6 Å². The van der Waals surface area contributed by atoms with Crippen LogP contribution in [0, 0.1) is 56.8 Å². The molecule has 6 aromatic heterocycles. The average molecular weight is 1550 g/mol. The second kappa shape index (κ2) is 38.3. The SMILES string of the molecule is COCc1c(C(=O)O)c(=O)c(-c2ccc(F)cc2)c(C)n1C.Cc1c(-c2ccc(F)cc2)c(=O)c(C(=O)O)cn1CCO.Cc1c(C(=O)O)c(=O)c(-c2ccc(F)cc2)c(C)n1C.O=C(O)c1cn(CCN2CCOCC2)cc(-c2ccc(F)cc2)c1=O.O=C(O)c1cn(CCn2ccnc2)cc(-c2ccc(F)cc2)c1=O. The first-order valence-electron chi connectivity index (χ1n) is 34.2. The van der Waals surface area contributed by atoms with Gasteiger partial charge in [0.15, 0.2) is 0 Å². The van der Waals surface area contributed by atoms with E-state index in [9.17, 15) is 90.3 Å². The first-order chi connectivity index (χ1) is 53.3. The zero-order valence-corrected chi connectivity index (χ0v) is 61.5. The molecule has 0 amide bonds. The number of halogens is 5. The van der Waals surface area contributed by atoms with Crippen LogP contribution in [0.25, 0.3) is 55.6 Å². The predicted molar refractivity (Wildman–Crippen MR) is 403 cm³/mol. The molecule has 31 heteroatoms. The highest BCUT2D eigenvalue weighted by molar-refractivity contribution is 5.93. The Labute approximate surface area is 634 Å². The summed E-state index contributed by atoms with van der Waals surface area (Å²) in [5.41, 5.74) is 1.56. The number of carboxylic acid groups (broad SMARTS) is 5. The molecule has 12 rings (SSSR count). The van der Waals surface area contributed by atoms with E-state index in [0.717, 1.165) is 19.6 Å². The summed E-state index contributed by atoms with van der Waals surface area (Å²) in [4.78, 5) is 125. The van der Waals surface area contributed by atoms with Gasteiger partial charge in [0, 0.05) is 161 Å². The lowest BCUT2D eigenvalue weighted by atomic mass is 9.99. The average Bonchev–Trinajstić information content (AvgIpc) is 0.825. The van der Waals surface area contributed by atoms with Crippen LogP contribution in [0.5, 0.6) is 0 Å². The molecular weight excluding hydrogens is 1470 g/mol. The first kappa shape index (κ1) is 84.5. The summed E-state index contributed by atoms with van der Waals surface area (Å²) in [5, 5.41) is 55.3. The maximum absolute atomic E-state index is 13.1. The van der Waals surface area contributed by atoms with E-state index in [0.29, 0.717) is 89.1 Å². The van der Waals surface area contributed by atoms with Crippen LogP contribution in [0.3, 0.4) is 0 Å². The number of aliphatic hydroxyl groups excluding tert-OH is 1. The molecule has 112 heavy (non-hydrogen) atoms. The molecule has 0 bridgehead atoms. The minimum Gasteiger partial charge on any atom is -0.477 e. The summed E-state index contributed by atoms with van der Waals surface area (Å²) in [6.07, 6.45) is 12.2. The highest BCUT2D eigenvalue weighted by atomic mass is 19.1. The Hall–Kier alpha value is -13.1. The number of nitrogens with zero attached hydrogens (tertiary/aromatic N) is 8. The second-order valence-corrected chi connectivity index (χ2v) is 25.3. The van der Waals surface area contributed by atoms with Gasteiger partial charge in [0.05, 0.1) is 38.4 Å². The Morgan fingerprint density at radius 3 is 1.17 bits per heavy atom. The van der Waals surface area contributed by atoms with Crippen molar-refractivity contribution in [3.63, 3.8) is 0 Å². The number of aromatic carboxylic acids is 5. The normalized spacial score (nSPS) is 11.7. The number of pyridine rings is 5. The van der Waals surface area contributed by atoms with Gasteiger partial charge in [0.25, 0.3) is 0 Å². The van der Waals surface area contributed by atoms with Gasteiger partial charge in [0.1, 0.15) is 56.9 Å². The van der Waals surface area contributed by atoms with Crippen LogP contribution in [-0.4, -0.2) is 144 Å². The van der Waals surface area contributed by atoms with Gasteiger partial charge < -0.3 is 67.5 Å². The number of aliphatic hydroxyl groups is 1. The fourth-order valence-corrected chi connectivity index (χ4v) is 12.1. The van der Waals surface area contributed by atoms with E-state index in [-0.39, 0.29) is 75.4 Å². The van der Waals surface area contributed by atoms with Gasteiger partial charge in [-0.3, -0.25) is 28.9 Å². The number of imidazole rings is 1. The van der Waals surface area contributed by atoms with Crippen molar-refractivity contribution in [2.75, 3.05) is 46.6 Å². The number of aromatic nitrogens is 7. The lowest BCUT2D eigenvalue weighted by molar-refractivity contribution is 0.0363. The molecule has 0 radical (unpaired) electrons. The van der Waals surface area contributed by atoms with Crippen LogP contribution < -0.4 is 27.1 Å². The number of carbonyl (C=O) groups is 5. The van der Waals surface area contributed by atoms with Crippen molar-refractivity contribution in [2.45, 2.75) is 60.5 Å². The van der Waals surface area contributed by atoms with E-state index in [1.54, 1.807) is 91.2 Å². The quantitative estimate of drug-likeness (QED) is 0.0386. The Kier molecular flexibility index (Phi) is 28.9. The lowest BCUT2D eigenvalue weighted by Gasteiger charge is -2.27. The predicted octanol–water partition coefficient (Wildman–Crippen LogP) is 10.4. The van der Waals surface area contributed by atoms with Crippen LogP contribution in [0.15, 0.2) is 195 Å². The molecule has 7 heterocycles. The largest absolute Gasteiger partial charge is 0.477 e. The maximum atomic E-state index is 13.1. The zero-order chi connectivity index (χ0) is 81.9. The molecule has 5 aromatic carbocycles. The molecule has 0 atom stereocenters. The number of methoxy groups -OCH3 is 1. The molecule has 0 spiro atoms. The van der Waals surface area contributed by atoms with Gasteiger partial charge in [-0.1, -0.05) is 60.7 Å². The lowest BCUT2D eigenvalue weighted by Crippen LogP contribution is -2.38. The number of hydrogen-bond donors (Lipinski definition) is 6. The summed E-state index contributed by atoms with van der Waals surface area (Å²) >= 11 is 0. The molecular formula is C81H77F5N8O18. The summed E-state index contributed by atoms with van der Waals surface area (Å²) in [7, 11) is 4.80. The molecule has 0 aliphatic carbocycles. The van der Waals surface area contributed by atoms with Crippen molar-refractivity contribution >= 4 is 29.8 Å². The molecule has 1 aliphatic rings. The number of morpholine rings is 1. The number of rotatable bonds is 20. The smallest absolute Gasteiger partial charge is 0.341 e. The van der Waals surface area contributed by atoms with Crippen LogP contribution in [0.1, 0.15) is 80.3 Å². The number of aryl methyl sites for hydroxylation is 2. The van der Waals surface area contributed by atoms with Gasteiger partial charge >= 0.3 is 29.8 Å². The van der Waals surface area contributed by atoms with Crippen LogP contribution >= 0.6 is 0 Å². The Morgan fingerprint density at radius 2 is 0.795 bits per heavy atom. The van der Waals surface area contributed by atoms with Gasteiger partial charge in [-0.05, 0) is 116 Å². The maximum Gasteiger partial charge on any atom is 0.341 e. The fraction of sp³-hybridized carbons (Fsp3) is 0.222. The molecule has 26 nitrogen and oxygen atoms in total. The third kappa shape index (κ3) is 20.6. The number of benzene rings is 5.